The SMILES string of the molecule is CCOc1ccc(CC(=O)N2CCC[C@@H]2c2cc(C)no2)cc1. The third kappa shape index (κ3) is 3.55. The van der Waals surface area contributed by atoms with Crippen LogP contribution in [0.4, 0.5) is 0 Å². The van der Waals surface area contributed by atoms with Gasteiger partial charge in [-0.3, -0.25) is 4.79 Å². The zero-order valence-corrected chi connectivity index (χ0v) is 13.6. The van der Waals surface area contributed by atoms with Crippen molar-refractivity contribution in [3.05, 3.63) is 47.3 Å². The van der Waals surface area contributed by atoms with Gasteiger partial charge in [-0.15, -0.1) is 0 Å². The third-order valence-electron chi connectivity index (χ3n) is 4.14. The molecule has 1 aromatic heterocycles. The molecule has 5 heteroatoms. The highest BCUT2D eigenvalue weighted by molar-refractivity contribution is 5.79. The summed E-state index contributed by atoms with van der Waals surface area (Å²) in [6, 6.07) is 9.67. The molecule has 3 rings (SSSR count). The Labute approximate surface area is 136 Å². The molecule has 1 fully saturated rings. The predicted molar refractivity (Wildman–Crippen MR) is 86.2 cm³/mol. The van der Waals surface area contributed by atoms with E-state index in [-0.39, 0.29) is 11.9 Å². The van der Waals surface area contributed by atoms with Crippen molar-refractivity contribution >= 4 is 5.91 Å². The number of hydrogen-bond acceptors (Lipinski definition) is 4. The van der Waals surface area contributed by atoms with Gasteiger partial charge in [0.05, 0.1) is 24.8 Å². The molecule has 0 spiro atoms. The Bertz CT molecular complexity index is 663. The number of hydrogen-bond donors (Lipinski definition) is 0. The number of aryl methyl sites for hydroxylation is 1. The fourth-order valence-corrected chi connectivity index (χ4v) is 3.05. The van der Waals surface area contributed by atoms with E-state index in [1.165, 1.54) is 0 Å². The lowest BCUT2D eigenvalue weighted by molar-refractivity contribution is -0.131. The minimum atomic E-state index is 0.0198. The highest BCUT2D eigenvalue weighted by atomic mass is 16.5. The Morgan fingerprint density at radius 3 is 2.83 bits per heavy atom. The van der Waals surface area contributed by atoms with E-state index in [0.29, 0.717) is 13.0 Å². The molecule has 1 amide bonds. The molecule has 0 unspecified atom stereocenters. The number of rotatable bonds is 5. The zero-order chi connectivity index (χ0) is 16.2. The maximum absolute atomic E-state index is 12.6. The number of carbonyl (C=O) groups excluding carboxylic acids is 1. The number of benzene rings is 1. The van der Waals surface area contributed by atoms with Gasteiger partial charge in [0.25, 0.3) is 0 Å². The summed E-state index contributed by atoms with van der Waals surface area (Å²) in [5.74, 6) is 1.76. The molecule has 2 heterocycles. The molecule has 1 atom stereocenters. The summed E-state index contributed by atoms with van der Waals surface area (Å²) < 4.78 is 10.8. The molecule has 0 radical (unpaired) electrons. The van der Waals surface area contributed by atoms with Crippen molar-refractivity contribution in [1.82, 2.24) is 10.1 Å². The van der Waals surface area contributed by atoms with Crippen molar-refractivity contribution in [2.45, 2.75) is 39.2 Å². The first kappa shape index (κ1) is 15.6. The molecule has 0 saturated carbocycles. The van der Waals surface area contributed by atoms with Crippen LogP contribution in [0.3, 0.4) is 0 Å². The van der Waals surface area contributed by atoms with Crippen molar-refractivity contribution in [1.29, 1.82) is 0 Å². The second-order valence-corrected chi connectivity index (χ2v) is 5.87. The summed E-state index contributed by atoms with van der Waals surface area (Å²) in [7, 11) is 0. The topological polar surface area (TPSA) is 55.6 Å². The second kappa shape index (κ2) is 6.86. The average molecular weight is 314 g/mol. The van der Waals surface area contributed by atoms with Crippen LogP contribution in [0.5, 0.6) is 5.75 Å². The second-order valence-electron chi connectivity index (χ2n) is 5.87. The number of nitrogens with zero attached hydrogens (tertiary/aromatic N) is 2. The molecule has 2 aromatic rings. The highest BCUT2D eigenvalue weighted by Gasteiger charge is 2.32. The first-order valence-electron chi connectivity index (χ1n) is 8.12. The molecular weight excluding hydrogens is 292 g/mol. The minimum Gasteiger partial charge on any atom is -0.494 e. The van der Waals surface area contributed by atoms with Crippen LogP contribution in [0.25, 0.3) is 0 Å². The van der Waals surface area contributed by atoms with E-state index in [1.54, 1.807) is 0 Å². The number of amides is 1. The lowest BCUT2D eigenvalue weighted by Crippen LogP contribution is -2.31. The number of aromatic nitrogens is 1. The van der Waals surface area contributed by atoms with Crippen molar-refractivity contribution in [3.63, 3.8) is 0 Å². The molecule has 0 aliphatic carbocycles. The molecule has 5 nitrogen and oxygen atoms in total. The maximum Gasteiger partial charge on any atom is 0.227 e. The predicted octanol–water partition coefficient (Wildman–Crippen LogP) is 3.29. The molecule has 1 aliphatic heterocycles. The lowest BCUT2D eigenvalue weighted by Gasteiger charge is -2.22. The van der Waals surface area contributed by atoms with E-state index in [2.05, 4.69) is 5.16 Å². The summed E-state index contributed by atoms with van der Waals surface area (Å²) in [4.78, 5) is 14.6. The molecule has 1 aromatic carbocycles. The summed E-state index contributed by atoms with van der Waals surface area (Å²) in [5, 5.41) is 3.94. The summed E-state index contributed by atoms with van der Waals surface area (Å²) >= 11 is 0. The van der Waals surface area contributed by atoms with Crippen LogP contribution in [-0.2, 0) is 11.2 Å². The number of carbonyl (C=O) groups is 1. The van der Waals surface area contributed by atoms with E-state index >= 15 is 0 Å². The van der Waals surface area contributed by atoms with Crippen LogP contribution in [0.1, 0.15) is 42.8 Å². The van der Waals surface area contributed by atoms with Gasteiger partial charge in [0, 0.05) is 12.6 Å². The van der Waals surface area contributed by atoms with Gasteiger partial charge in [-0.25, -0.2) is 0 Å². The van der Waals surface area contributed by atoms with E-state index in [1.807, 2.05) is 49.1 Å². The van der Waals surface area contributed by atoms with Gasteiger partial charge in [-0.05, 0) is 44.4 Å². The summed E-state index contributed by atoms with van der Waals surface area (Å²) in [5.41, 5.74) is 1.85. The standard InChI is InChI=1S/C18H22N2O3/c1-3-22-15-8-6-14(7-9-15)12-18(21)20-10-4-5-16(20)17-11-13(2)19-23-17/h6-9,11,16H,3-5,10,12H2,1-2H3/t16-/m1/s1. The number of likely N-dealkylation sites (tertiary alicyclic amines) is 1. The van der Waals surface area contributed by atoms with Crippen molar-refractivity contribution in [2.24, 2.45) is 0 Å². The van der Waals surface area contributed by atoms with E-state index in [0.717, 1.165) is 42.2 Å². The van der Waals surface area contributed by atoms with Crippen LogP contribution in [0.15, 0.2) is 34.9 Å². The molecule has 23 heavy (non-hydrogen) atoms. The van der Waals surface area contributed by atoms with Crippen LogP contribution < -0.4 is 4.74 Å². The normalized spacial score (nSPS) is 17.5. The Hall–Kier alpha value is -2.30. The third-order valence-corrected chi connectivity index (χ3v) is 4.14. The maximum atomic E-state index is 12.6. The highest BCUT2D eigenvalue weighted by Crippen LogP contribution is 2.32. The Balaban J connectivity index is 1.67. The van der Waals surface area contributed by atoms with Gasteiger partial charge in [0.1, 0.15) is 5.75 Å². The largest absolute Gasteiger partial charge is 0.494 e. The Morgan fingerprint density at radius 2 is 2.17 bits per heavy atom. The fourth-order valence-electron chi connectivity index (χ4n) is 3.05. The molecular formula is C18H22N2O3. The smallest absolute Gasteiger partial charge is 0.227 e. The summed E-state index contributed by atoms with van der Waals surface area (Å²) in [6.45, 7) is 5.27. The minimum absolute atomic E-state index is 0.0198. The molecule has 1 saturated heterocycles. The monoisotopic (exact) mass is 314 g/mol. The Morgan fingerprint density at radius 1 is 1.39 bits per heavy atom. The van der Waals surface area contributed by atoms with Crippen molar-refractivity contribution < 1.29 is 14.1 Å². The number of ether oxygens (including phenoxy) is 1. The molecule has 0 bridgehead atoms. The quantitative estimate of drug-likeness (QED) is 0.850. The average Bonchev–Trinajstić information content (AvgIpc) is 3.18. The molecule has 1 aliphatic rings. The van der Waals surface area contributed by atoms with Crippen LogP contribution in [0.2, 0.25) is 0 Å². The molecule has 0 N–H and O–H groups in total. The van der Waals surface area contributed by atoms with Crippen molar-refractivity contribution in [3.8, 4) is 5.75 Å². The fraction of sp³-hybridized carbons (Fsp3) is 0.444. The molecule has 122 valence electrons. The van der Waals surface area contributed by atoms with E-state index < -0.39 is 0 Å². The van der Waals surface area contributed by atoms with E-state index in [9.17, 15) is 4.79 Å². The van der Waals surface area contributed by atoms with E-state index in [4.69, 9.17) is 9.26 Å². The summed E-state index contributed by atoms with van der Waals surface area (Å²) in [6.07, 6.45) is 2.33. The van der Waals surface area contributed by atoms with Gasteiger partial charge in [-0.2, -0.15) is 0 Å². The first-order chi connectivity index (χ1) is 11.2. The Kier molecular flexibility index (Phi) is 4.65. The van der Waals surface area contributed by atoms with Crippen LogP contribution >= 0.6 is 0 Å². The van der Waals surface area contributed by atoms with Crippen LogP contribution in [0, 0.1) is 6.92 Å². The van der Waals surface area contributed by atoms with Crippen LogP contribution in [-0.4, -0.2) is 29.1 Å². The zero-order valence-electron chi connectivity index (χ0n) is 13.6. The van der Waals surface area contributed by atoms with Gasteiger partial charge < -0.3 is 14.2 Å². The lowest BCUT2D eigenvalue weighted by atomic mass is 10.1. The van der Waals surface area contributed by atoms with Gasteiger partial charge >= 0.3 is 0 Å². The van der Waals surface area contributed by atoms with Crippen molar-refractivity contribution in [2.75, 3.05) is 13.2 Å². The van der Waals surface area contributed by atoms with Gasteiger partial charge in [0.15, 0.2) is 5.76 Å². The van der Waals surface area contributed by atoms with Gasteiger partial charge in [0.2, 0.25) is 5.91 Å². The first-order valence-corrected chi connectivity index (χ1v) is 8.12. The van der Waals surface area contributed by atoms with Gasteiger partial charge in [-0.1, -0.05) is 17.3 Å².